The maximum absolute atomic E-state index is 11.9. The number of hydrogen-bond acceptors (Lipinski definition) is 3. The van der Waals surface area contributed by atoms with E-state index in [9.17, 15) is 13.2 Å². The third kappa shape index (κ3) is 5.77. The minimum absolute atomic E-state index is 0.0469. The number of hydrogen-bond donors (Lipinski definition) is 0. The molecule has 1 atom stereocenters. The summed E-state index contributed by atoms with van der Waals surface area (Å²) in [5.41, 5.74) is 0. The zero-order chi connectivity index (χ0) is 13.8. The minimum Gasteiger partial charge on any atom is -0.489 e. The molecule has 1 rings (SSSR count). The van der Waals surface area contributed by atoms with Crippen molar-refractivity contribution in [2.75, 3.05) is 20.6 Å². The summed E-state index contributed by atoms with van der Waals surface area (Å²) >= 11 is 0. The molecule has 18 heavy (non-hydrogen) atoms. The van der Waals surface area contributed by atoms with Crippen molar-refractivity contribution in [2.45, 2.75) is 19.4 Å². The van der Waals surface area contributed by atoms with Crippen LogP contribution in [0.15, 0.2) is 24.3 Å². The van der Waals surface area contributed by atoms with Crippen LogP contribution in [0.2, 0.25) is 0 Å². The Labute approximate surface area is 104 Å². The lowest BCUT2D eigenvalue weighted by atomic mass is 10.3. The van der Waals surface area contributed by atoms with Crippen LogP contribution >= 0.6 is 0 Å². The molecule has 0 heterocycles. The van der Waals surface area contributed by atoms with Crippen LogP contribution in [0.5, 0.6) is 11.5 Å². The molecular formula is C12H16F3NO2. The lowest BCUT2D eigenvalue weighted by Gasteiger charge is -2.18. The van der Waals surface area contributed by atoms with Gasteiger partial charge in [0.15, 0.2) is 0 Å². The lowest BCUT2D eigenvalue weighted by Crippen LogP contribution is -2.27. The standard InChI is InChI=1S/C12H16F3NO2/c1-9(8-16(2)3)17-10-4-6-11(7-5-10)18-12(13,14)15/h4-7,9H,8H2,1-3H3. The van der Waals surface area contributed by atoms with Gasteiger partial charge in [-0.3, -0.25) is 0 Å². The smallest absolute Gasteiger partial charge is 0.489 e. The third-order valence-electron chi connectivity index (χ3n) is 2.02. The van der Waals surface area contributed by atoms with Gasteiger partial charge in [-0.25, -0.2) is 0 Å². The minimum atomic E-state index is -4.67. The van der Waals surface area contributed by atoms with Gasteiger partial charge in [-0.1, -0.05) is 0 Å². The Hall–Kier alpha value is -1.43. The van der Waals surface area contributed by atoms with Gasteiger partial charge < -0.3 is 14.4 Å². The highest BCUT2D eigenvalue weighted by molar-refractivity contribution is 5.31. The number of likely N-dealkylation sites (N-methyl/N-ethyl adjacent to an activating group) is 1. The van der Waals surface area contributed by atoms with Crippen LogP contribution in [0.3, 0.4) is 0 Å². The van der Waals surface area contributed by atoms with Crippen LogP contribution < -0.4 is 9.47 Å². The van der Waals surface area contributed by atoms with Crippen molar-refractivity contribution in [3.8, 4) is 11.5 Å². The summed E-state index contributed by atoms with van der Waals surface area (Å²) in [6.45, 7) is 2.61. The van der Waals surface area contributed by atoms with E-state index in [0.717, 1.165) is 6.54 Å². The summed E-state index contributed by atoms with van der Waals surface area (Å²) in [7, 11) is 3.83. The molecule has 6 heteroatoms. The number of nitrogens with zero attached hydrogens (tertiary/aromatic N) is 1. The van der Waals surface area contributed by atoms with Gasteiger partial charge in [0.25, 0.3) is 0 Å². The number of halogens is 3. The quantitative estimate of drug-likeness (QED) is 0.815. The highest BCUT2D eigenvalue weighted by atomic mass is 19.4. The largest absolute Gasteiger partial charge is 0.573 e. The number of ether oxygens (including phenoxy) is 2. The van der Waals surface area contributed by atoms with E-state index in [1.807, 2.05) is 25.9 Å². The molecule has 3 nitrogen and oxygen atoms in total. The summed E-state index contributed by atoms with van der Waals surface area (Å²) in [6.07, 6.45) is -4.71. The summed E-state index contributed by atoms with van der Waals surface area (Å²) in [6, 6.07) is 5.36. The molecular weight excluding hydrogens is 247 g/mol. The first-order valence-corrected chi connectivity index (χ1v) is 5.43. The van der Waals surface area contributed by atoms with E-state index in [0.29, 0.717) is 5.75 Å². The first kappa shape index (κ1) is 14.6. The zero-order valence-electron chi connectivity index (χ0n) is 10.5. The van der Waals surface area contributed by atoms with Crippen molar-refractivity contribution in [3.63, 3.8) is 0 Å². The molecule has 1 aromatic carbocycles. The van der Waals surface area contributed by atoms with Crippen LogP contribution in [0, 0.1) is 0 Å². The number of alkyl halides is 3. The molecule has 0 aliphatic rings. The van der Waals surface area contributed by atoms with Crippen LogP contribution in [-0.4, -0.2) is 38.0 Å². The Balaban J connectivity index is 2.55. The van der Waals surface area contributed by atoms with E-state index >= 15 is 0 Å². The van der Waals surface area contributed by atoms with Gasteiger partial charge in [-0.2, -0.15) is 0 Å². The van der Waals surface area contributed by atoms with Crippen molar-refractivity contribution >= 4 is 0 Å². The van der Waals surface area contributed by atoms with Gasteiger partial charge in [-0.05, 0) is 45.3 Å². The van der Waals surface area contributed by atoms with E-state index in [1.54, 1.807) is 0 Å². The highest BCUT2D eigenvalue weighted by Crippen LogP contribution is 2.25. The Morgan fingerprint density at radius 1 is 1.11 bits per heavy atom. The van der Waals surface area contributed by atoms with Gasteiger partial charge in [-0.15, -0.1) is 13.2 Å². The summed E-state index contributed by atoms with van der Waals surface area (Å²) < 4.78 is 45.1. The van der Waals surface area contributed by atoms with Crippen LogP contribution in [-0.2, 0) is 0 Å². The number of rotatable bonds is 5. The molecule has 0 N–H and O–H groups in total. The Morgan fingerprint density at radius 3 is 2.06 bits per heavy atom. The molecule has 0 bridgehead atoms. The molecule has 0 aliphatic heterocycles. The molecule has 0 aromatic heterocycles. The summed E-state index contributed by atoms with van der Waals surface area (Å²) in [5, 5.41) is 0. The van der Waals surface area contributed by atoms with Crippen LogP contribution in [0.25, 0.3) is 0 Å². The SMILES string of the molecule is CC(CN(C)C)Oc1ccc(OC(F)(F)F)cc1. The molecule has 0 saturated heterocycles. The summed E-state index contributed by atoms with van der Waals surface area (Å²) in [5.74, 6) is 0.258. The van der Waals surface area contributed by atoms with Crippen LogP contribution in [0.1, 0.15) is 6.92 Å². The molecule has 0 spiro atoms. The fraction of sp³-hybridized carbons (Fsp3) is 0.500. The maximum Gasteiger partial charge on any atom is 0.573 e. The lowest BCUT2D eigenvalue weighted by molar-refractivity contribution is -0.274. The molecule has 0 radical (unpaired) electrons. The van der Waals surface area contributed by atoms with Gasteiger partial charge in [0.05, 0.1) is 0 Å². The van der Waals surface area contributed by atoms with Crippen molar-refractivity contribution in [2.24, 2.45) is 0 Å². The van der Waals surface area contributed by atoms with Crippen molar-refractivity contribution in [1.29, 1.82) is 0 Å². The first-order chi connectivity index (χ1) is 8.26. The number of benzene rings is 1. The average molecular weight is 263 g/mol. The molecule has 0 saturated carbocycles. The predicted octanol–water partition coefficient (Wildman–Crippen LogP) is 2.91. The molecule has 1 aromatic rings. The van der Waals surface area contributed by atoms with Crippen molar-refractivity contribution in [1.82, 2.24) is 4.90 Å². The van der Waals surface area contributed by atoms with E-state index in [1.165, 1.54) is 24.3 Å². The second-order valence-electron chi connectivity index (χ2n) is 4.21. The molecule has 0 aliphatic carbocycles. The predicted molar refractivity (Wildman–Crippen MR) is 61.8 cm³/mol. The van der Waals surface area contributed by atoms with Gasteiger partial charge in [0, 0.05) is 6.54 Å². The fourth-order valence-electron chi connectivity index (χ4n) is 1.50. The van der Waals surface area contributed by atoms with Gasteiger partial charge >= 0.3 is 6.36 Å². The average Bonchev–Trinajstić information content (AvgIpc) is 2.17. The maximum atomic E-state index is 11.9. The van der Waals surface area contributed by atoms with E-state index in [4.69, 9.17) is 4.74 Å². The van der Waals surface area contributed by atoms with Crippen LogP contribution in [0.4, 0.5) is 13.2 Å². The zero-order valence-corrected chi connectivity index (χ0v) is 10.5. The normalized spacial score (nSPS) is 13.5. The van der Waals surface area contributed by atoms with Crippen molar-refractivity contribution < 1.29 is 22.6 Å². The topological polar surface area (TPSA) is 21.7 Å². The van der Waals surface area contributed by atoms with Crippen molar-refractivity contribution in [3.05, 3.63) is 24.3 Å². The Bertz CT molecular complexity index is 363. The Kier molecular flexibility index (Phi) is 4.84. The first-order valence-electron chi connectivity index (χ1n) is 5.43. The second kappa shape index (κ2) is 5.95. The molecule has 0 amide bonds. The molecule has 1 unspecified atom stereocenters. The molecule has 102 valence electrons. The Morgan fingerprint density at radius 2 is 1.61 bits per heavy atom. The summed E-state index contributed by atoms with van der Waals surface area (Å²) in [4.78, 5) is 1.96. The van der Waals surface area contributed by atoms with E-state index in [-0.39, 0.29) is 11.9 Å². The van der Waals surface area contributed by atoms with E-state index < -0.39 is 6.36 Å². The third-order valence-corrected chi connectivity index (χ3v) is 2.02. The highest BCUT2D eigenvalue weighted by Gasteiger charge is 2.30. The van der Waals surface area contributed by atoms with Gasteiger partial charge in [0.1, 0.15) is 17.6 Å². The van der Waals surface area contributed by atoms with Gasteiger partial charge in [0.2, 0.25) is 0 Å². The monoisotopic (exact) mass is 263 g/mol. The second-order valence-corrected chi connectivity index (χ2v) is 4.21. The van der Waals surface area contributed by atoms with E-state index in [2.05, 4.69) is 4.74 Å². The molecule has 0 fully saturated rings. The fourth-order valence-corrected chi connectivity index (χ4v) is 1.50.